The third kappa shape index (κ3) is 2.32. The van der Waals surface area contributed by atoms with Gasteiger partial charge in [0.25, 0.3) is 5.91 Å². The van der Waals surface area contributed by atoms with Crippen LogP contribution in [-0.2, 0) is 0 Å². The Bertz CT molecular complexity index is 521. The minimum absolute atomic E-state index is 0.0250. The van der Waals surface area contributed by atoms with Gasteiger partial charge in [-0.3, -0.25) is 4.79 Å². The Kier molecular flexibility index (Phi) is 3.18. The molecule has 102 valence electrons. The highest BCUT2D eigenvalue weighted by Crippen LogP contribution is 2.36. The fourth-order valence-electron chi connectivity index (χ4n) is 2.32. The molecule has 2 aliphatic rings. The summed E-state index contributed by atoms with van der Waals surface area (Å²) in [6, 6.07) is 3.35. The van der Waals surface area contributed by atoms with Crippen LogP contribution in [0.2, 0.25) is 0 Å². The lowest BCUT2D eigenvalue weighted by Crippen LogP contribution is -2.41. The first-order valence-corrected chi connectivity index (χ1v) is 7.30. The third-order valence-corrected chi connectivity index (χ3v) is 4.44. The summed E-state index contributed by atoms with van der Waals surface area (Å²) in [5, 5.41) is 0.466. The number of hydrogen-bond donors (Lipinski definition) is 1. The maximum absolute atomic E-state index is 12.5. The molecule has 1 saturated heterocycles. The van der Waals surface area contributed by atoms with Crippen molar-refractivity contribution in [3.63, 3.8) is 0 Å². The Hall–Kier alpha value is -1.56. The third-order valence-electron chi connectivity index (χ3n) is 3.30. The lowest BCUT2D eigenvalue weighted by Gasteiger charge is -2.31. The van der Waals surface area contributed by atoms with Gasteiger partial charge in [-0.2, -0.15) is 11.8 Å². The zero-order valence-electron chi connectivity index (χ0n) is 10.7. The highest BCUT2D eigenvalue weighted by atomic mass is 32.2. The highest BCUT2D eigenvalue weighted by Gasteiger charge is 2.26. The van der Waals surface area contributed by atoms with E-state index < -0.39 is 0 Å². The first-order chi connectivity index (χ1) is 9.15. The first-order valence-electron chi connectivity index (χ1n) is 6.25. The minimum Gasteiger partial charge on any atom is -0.454 e. The van der Waals surface area contributed by atoms with E-state index in [1.807, 2.05) is 16.7 Å². The van der Waals surface area contributed by atoms with Crippen molar-refractivity contribution < 1.29 is 14.3 Å². The average Bonchev–Trinajstić information content (AvgIpc) is 2.84. The number of hydrogen-bond acceptors (Lipinski definition) is 5. The molecule has 1 atom stereocenters. The molecule has 1 unspecified atom stereocenters. The molecule has 6 heteroatoms. The summed E-state index contributed by atoms with van der Waals surface area (Å²) in [4.78, 5) is 14.4. The van der Waals surface area contributed by atoms with Gasteiger partial charge >= 0.3 is 0 Å². The van der Waals surface area contributed by atoms with Crippen molar-refractivity contribution in [1.82, 2.24) is 4.90 Å². The molecule has 2 N–H and O–H groups in total. The predicted molar refractivity (Wildman–Crippen MR) is 74.8 cm³/mol. The van der Waals surface area contributed by atoms with Crippen molar-refractivity contribution in [2.24, 2.45) is 0 Å². The fourth-order valence-corrected chi connectivity index (χ4v) is 3.33. The lowest BCUT2D eigenvalue weighted by molar-refractivity contribution is 0.0764. The van der Waals surface area contributed by atoms with E-state index in [9.17, 15) is 4.79 Å². The van der Waals surface area contributed by atoms with Gasteiger partial charge in [-0.05, 0) is 6.07 Å². The average molecular weight is 280 g/mol. The van der Waals surface area contributed by atoms with Crippen LogP contribution < -0.4 is 15.2 Å². The maximum atomic E-state index is 12.5. The molecule has 5 nitrogen and oxygen atoms in total. The molecule has 1 amide bonds. The van der Waals surface area contributed by atoms with Gasteiger partial charge in [0.15, 0.2) is 11.5 Å². The molecular weight excluding hydrogens is 264 g/mol. The van der Waals surface area contributed by atoms with Crippen LogP contribution in [0.5, 0.6) is 11.5 Å². The van der Waals surface area contributed by atoms with Crippen LogP contribution in [0.25, 0.3) is 0 Å². The molecule has 0 aromatic heterocycles. The van der Waals surface area contributed by atoms with Crippen LogP contribution in [0.4, 0.5) is 5.69 Å². The van der Waals surface area contributed by atoms with Gasteiger partial charge in [0.2, 0.25) is 6.79 Å². The van der Waals surface area contributed by atoms with Crippen LogP contribution in [0.1, 0.15) is 17.3 Å². The molecule has 1 aromatic carbocycles. The summed E-state index contributed by atoms with van der Waals surface area (Å²) in [7, 11) is 0. The Labute approximate surface area is 116 Å². The summed E-state index contributed by atoms with van der Waals surface area (Å²) in [6.45, 7) is 3.84. The normalized spacial score (nSPS) is 21.5. The minimum atomic E-state index is -0.0250. The molecule has 3 rings (SSSR count). The predicted octanol–water partition coefficient (Wildman–Crippen LogP) is 1.57. The first kappa shape index (κ1) is 12.5. The van der Waals surface area contributed by atoms with Gasteiger partial charge < -0.3 is 20.1 Å². The number of ether oxygens (including phenoxy) is 2. The molecule has 0 aliphatic carbocycles. The van der Waals surface area contributed by atoms with Gasteiger partial charge in [0.1, 0.15) is 0 Å². The van der Waals surface area contributed by atoms with E-state index >= 15 is 0 Å². The summed E-state index contributed by atoms with van der Waals surface area (Å²) in [6.07, 6.45) is 0. The van der Waals surface area contributed by atoms with Crippen molar-refractivity contribution in [3.8, 4) is 11.5 Å². The van der Waals surface area contributed by atoms with Crippen molar-refractivity contribution in [3.05, 3.63) is 17.7 Å². The maximum Gasteiger partial charge on any atom is 0.256 e. The Morgan fingerprint density at radius 3 is 2.89 bits per heavy atom. The molecule has 1 aromatic rings. The molecule has 2 aliphatic heterocycles. The second-order valence-electron chi connectivity index (χ2n) is 4.73. The zero-order chi connectivity index (χ0) is 13.4. The van der Waals surface area contributed by atoms with E-state index in [2.05, 4.69) is 6.92 Å². The molecule has 19 heavy (non-hydrogen) atoms. The summed E-state index contributed by atoms with van der Waals surface area (Å²) >= 11 is 1.89. The van der Waals surface area contributed by atoms with Crippen molar-refractivity contribution in [1.29, 1.82) is 0 Å². The number of nitrogens with zero attached hydrogens (tertiary/aromatic N) is 1. The van der Waals surface area contributed by atoms with Crippen molar-refractivity contribution in [2.75, 3.05) is 31.4 Å². The number of carbonyl (C=O) groups is 1. The SMILES string of the molecule is CC1CN(C(=O)c2cc3c(cc2N)OCO3)CCS1. The summed E-state index contributed by atoms with van der Waals surface area (Å²) in [5.41, 5.74) is 6.90. The van der Waals surface area contributed by atoms with E-state index in [0.29, 0.717) is 28.0 Å². The van der Waals surface area contributed by atoms with E-state index in [-0.39, 0.29) is 12.7 Å². The number of anilines is 1. The van der Waals surface area contributed by atoms with Crippen LogP contribution in [0, 0.1) is 0 Å². The monoisotopic (exact) mass is 280 g/mol. The second-order valence-corrected chi connectivity index (χ2v) is 6.27. The Morgan fingerprint density at radius 1 is 1.42 bits per heavy atom. The molecule has 0 bridgehead atoms. The Morgan fingerprint density at radius 2 is 2.16 bits per heavy atom. The number of nitrogens with two attached hydrogens (primary N) is 1. The standard InChI is InChI=1S/C13H16N2O3S/c1-8-6-15(2-3-19-8)13(16)9-4-11-12(5-10(9)14)18-7-17-11/h4-5,8H,2-3,6-7,14H2,1H3. The quantitative estimate of drug-likeness (QED) is 0.791. The second kappa shape index (κ2) is 4.85. The fraction of sp³-hybridized carbons (Fsp3) is 0.462. The number of nitrogen functional groups attached to an aromatic ring is 1. The number of rotatable bonds is 1. The lowest BCUT2D eigenvalue weighted by atomic mass is 10.1. The number of benzene rings is 1. The van der Waals surface area contributed by atoms with Gasteiger partial charge in [-0.25, -0.2) is 0 Å². The summed E-state index contributed by atoms with van der Waals surface area (Å²) in [5.74, 6) is 2.15. The smallest absolute Gasteiger partial charge is 0.256 e. The largest absolute Gasteiger partial charge is 0.454 e. The number of amides is 1. The van der Waals surface area contributed by atoms with E-state index in [0.717, 1.165) is 18.8 Å². The van der Waals surface area contributed by atoms with Gasteiger partial charge in [-0.15, -0.1) is 0 Å². The van der Waals surface area contributed by atoms with Crippen LogP contribution in [0.3, 0.4) is 0 Å². The Balaban J connectivity index is 1.87. The summed E-state index contributed by atoms with van der Waals surface area (Å²) < 4.78 is 10.5. The molecule has 2 heterocycles. The molecule has 0 radical (unpaired) electrons. The highest BCUT2D eigenvalue weighted by molar-refractivity contribution is 7.99. The van der Waals surface area contributed by atoms with Crippen LogP contribution >= 0.6 is 11.8 Å². The van der Waals surface area contributed by atoms with Crippen molar-refractivity contribution in [2.45, 2.75) is 12.2 Å². The number of carbonyl (C=O) groups excluding carboxylic acids is 1. The van der Waals surface area contributed by atoms with Gasteiger partial charge in [0.05, 0.1) is 5.56 Å². The van der Waals surface area contributed by atoms with E-state index in [4.69, 9.17) is 15.2 Å². The van der Waals surface area contributed by atoms with Gasteiger partial charge in [-0.1, -0.05) is 6.92 Å². The zero-order valence-corrected chi connectivity index (χ0v) is 11.5. The number of thioether (sulfide) groups is 1. The molecular formula is C13H16N2O3S. The topological polar surface area (TPSA) is 64.8 Å². The molecule has 0 spiro atoms. The number of fused-ring (bicyclic) bond motifs is 1. The molecule has 1 fully saturated rings. The van der Waals surface area contributed by atoms with Crippen molar-refractivity contribution >= 4 is 23.4 Å². The van der Waals surface area contributed by atoms with Crippen LogP contribution in [-0.4, -0.2) is 41.7 Å². The van der Waals surface area contributed by atoms with E-state index in [1.54, 1.807) is 12.1 Å². The van der Waals surface area contributed by atoms with Gasteiger partial charge in [0, 0.05) is 35.8 Å². The van der Waals surface area contributed by atoms with E-state index in [1.165, 1.54) is 0 Å². The molecule has 0 saturated carbocycles. The van der Waals surface area contributed by atoms with Crippen LogP contribution in [0.15, 0.2) is 12.1 Å².